The summed E-state index contributed by atoms with van der Waals surface area (Å²) in [5.74, 6) is -1.69. The van der Waals surface area contributed by atoms with Gasteiger partial charge in [-0.2, -0.15) is 13.2 Å². The van der Waals surface area contributed by atoms with Crippen LogP contribution in [-0.2, 0) is 11.3 Å². The second-order valence-electron chi connectivity index (χ2n) is 6.10. The molecule has 3 rings (SSSR count). The van der Waals surface area contributed by atoms with Crippen molar-refractivity contribution in [1.82, 2.24) is 0 Å². The topological polar surface area (TPSA) is 83.7 Å². The van der Waals surface area contributed by atoms with Crippen LogP contribution in [0.1, 0.15) is 11.1 Å². The minimum Gasteiger partial charge on any atom is -0.478 e. The van der Waals surface area contributed by atoms with Crippen molar-refractivity contribution in [2.24, 2.45) is 0 Å². The number of nitrogens with zero attached hydrogens (tertiary/aromatic N) is 2. The molecule has 1 aliphatic heterocycles. The second kappa shape index (κ2) is 7.16. The van der Waals surface area contributed by atoms with E-state index in [1.165, 1.54) is 42.5 Å². The van der Waals surface area contributed by atoms with Crippen LogP contribution in [0.2, 0.25) is 5.02 Å². The van der Waals surface area contributed by atoms with Gasteiger partial charge in [0.05, 0.1) is 10.5 Å². The van der Waals surface area contributed by atoms with E-state index in [1.807, 2.05) is 0 Å². The lowest BCUT2D eigenvalue weighted by atomic mass is 9.94. The Labute approximate surface area is 161 Å². The molecular formula is C18H12ClF3N2O4. The fraction of sp³-hybridized carbons (Fsp3) is 0.167. The third-order valence-corrected chi connectivity index (χ3v) is 4.51. The maximum atomic E-state index is 13.8. The Kier molecular flexibility index (Phi) is 5.03. The highest BCUT2D eigenvalue weighted by Crippen LogP contribution is 2.41. The molecule has 1 aliphatic rings. The van der Waals surface area contributed by atoms with Gasteiger partial charge in [0, 0.05) is 29.4 Å². The van der Waals surface area contributed by atoms with Crippen molar-refractivity contribution in [2.75, 3.05) is 4.90 Å². The predicted octanol–water partition coefficient (Wildman–Crippen LogP) is 4.67. The lowest BCUT2D eigenvalue weighted by molar-refractivity contribution is -0.384. The summed E-state index contributed by atoms with van der Waals surface area (Å²) >= 11 is 5.90. The van der Waals surface area contributed by atoms with Gasteiger partial charge < -0.3 is 10.0 Å². The van der Waals surface area contributed by atoms with Gasteiger partial charge in [-0.3, -0.25) is 10.1 Å². The Morgan fingerprint density at radius 2 is 1.86 bits per heavy atom. The van der Waals surface area contributed by atoms with Crippen LogP contribution in [0.5, 0.6) is 0 Å². The average molecular weight is 413 g/mol. The molecule has 10 heteroatoms. The van der Waals surface area contributed by atoms with Gasteiger partial charge in [-0.1, -0.05) is 23.7 Å². The zero-order valence-electron chi connectivity index (χ0n) is 14.0. The number of nitro groups is 1. The smallest absolute Gasteiger partial charge is 0.413 e. The van der Waals surface area contributed by atoms with Crippen molar-refractivity contribution in [3.8, 4) is 0 Å². The van der Waals surface area contributed by atoms with E-state index in [4.69, 9.17) is 11.6 Å². The second-order valence-corrected chi connectivity index (χ2v) is 6.54. The summed E-state index contributed by atoms with van der Waals surface area (Å²) in [5.41, 5.74) is -0.271. The van der Waals surface area contributed by atoms with Crippen LogP contribution in [0.3, 0.4) is 0 Å². The molecule has 1 N–H and O–H groups in total. The number of carboxylic acids is 1. The van der Waals surface area contributed by atoms with Gasteiger partial charge in [0.1, 0.15) is 0 Å². The van der Waals surface area contributed by atoms with Crippen LogP contribution in [0, 0.1) is 10.1 Å². The van der Waals surface area contributed by atoms with E-state index in [0.29, 0.717) is 5.56 Å². The fourth-order valence-electron chi connectivity index (χ4n) is 3.08. The van der Waals surface area contributed by atoms with Crippen LogP contribution in [0.25, 0.3) is 6.08 Å². The minimum atomic E-state index is -4.86. The van der Waals surface area contributed by atoms with Gasteiger partial charge in [-0.15, -0.1) is 0 Å². The summed E-state index contributed by atoms with van der Waals surface area (Å²) in [6, 6.07) is 6.83. The first-order valence-corrected chi connectivity index (χ1v) is 8.27. The number of hydrogen-bond acceptors (Lipinski definition) is 4. The minimum absolute atomic E-state index is 0.162. The molecular weight excluding hydrogens is 401 g/mol. The molecule has 0 bridgehead atoms. The Morgan fingerprint density at radius 1 is 1.21 bits per heavy atom. The van der Waals surface area contributed by atoms with Crippen LogP contribution in [0.4, 0.5) is 24.5 Å². The molecule has 0 aromatic heterocycles. The van der Waals surface area contributed by atoms with Crippen molar-refractivity contribution in [3.05, 3.63) is 74.3 Å². The predicted molar refractivity (Wildman–Crippen MR) is 96.2 cm³/mol. The molecule has 0 spiro atoms. The fourth-order valence-corrected chi connectivity index (χ4v) is 3.26. The van der Waals surface area contributed by atoms with Gasteiger partial charge in [-0.05, 0) is 35.4 Å². The summed E-state index contributed by atoms with van der Waals surface area (Å²) in [6.07, 6.45) is -3.89. The van der Waals surface area contributed by atoms with Crippen molar-refractivity contribution < 1.29 is 28.0 Å². The number of alkyl halides is 3. The third kappa shape index (κ3) is 3.79. The summed E-state index contributed by atoms with van der Waals surface area (Å²) in [5, 5.41) is 20.4. The number of benzene rings is 2. The maximum Gasteiger partial charge on any atom is 0.413 e. The monoisotopic (exact) mass is 412 g/mol. The first-order chi connectivity index (χ1) is 13.1. The van der Waals surface area contributed by atoms with E-state index in [9.17, 15) is 33.2 Å². The molecule has 0 saturated heterocycles. The SMILES string of the molecule is O=C(O)C1=Cc2cc(Cl)ccc2N(Cc2ccc([N+](=O)[O-])cc2)C1C(F)(F)F. The zero-order chi connectivity index (χ0) is 20.6. The van der Waals surface area contributed by atoms with E-state index in [2.05, 4.69) is 0 Å². The number of fused-ring (bicyclic) bond motifs is 1. The third-order valence-electron chi connectivity index (χ3n) is 4.27. The maximum absolute atomic E-state index is 13.8. The van der Waals surface area contributed by atoms with Crippen molar-refractivity contribution >= 4 is 35.0 Å². The van der Waals surface area contributed by atoms with Gasteiger partial charge in [-0.25, -0.2) is 4.79 Å². The highest BCUT2D eigenvalue weighted by Gasteiger charge is 2.50. The number of non-ortho nitro benzene ring substituents is 1. The first kappa shape index (κ1) is 19.7. The molecule has 0 amide bonds. The number of halogens is 4. The molecule has 28 heavy (non-hydrogen) atoms. The molecule has 0 aliphatic carbocycles. The van der Waals surface area contributed by atoms with Gasteiger partial charge >= 0.3 is 12.1 Å². The summed E-state index contributed by atoms with van der Waals surface area (Å²) in [6.45, 7) is -0.304. The van der Waals surface area contributed by atoms with Crippen molar-refractivity contribution in [2.45, 2.75) is 18.8 Å². The number of anilines is 1. The lowest BCUT2D eigenvalue weighted by Gasteiger charge is -2.39. The number of aliphatic carboxylic acids is 1. The number of hydrogen-bond donors (Lipinski definition) is 1. The largest absolute Gasteiger partial charge is 0.478 e. The van der Waals surface area contributed by atoms with E-state index in [0.717, 1.165) is 11.0 Å². The molecule has 6 nitrogen and oxygen atoms in total. The normalized spacial score (nSPS) is 16.4. The highest BCUT2D eigenvalue weighted by atomic mass is 35.5. The Hall–Kier alpha value is -3.07. The quantitative estimate of drug-likeness (QED) is 0.583. The molecule has 2 aromatic carbocycles. The Balaban J connectivity index is 2.10. The Bertz CT molecular complexity index is 974. The lowest BCUT2D eigenvalue weighted by Crippen LogP contribution is -2.50. The summed E-state index contributed by atoms with van der Waals surface area (Å²) in [7, 11) is 0. The molecule has 1 atom stereocenters. The molecule has 146 valence electrons. The van der Waals surface area contributed by atoms with Crippen molar-refractivity contribution in [1.29, 1.82) is 0 Å². The van der Waals surface area contributed by atoms with Crippen molar-refractivity contribution in [3.63, 3.8) is 0 Å². The van der Waals surface area contributed by atoms with Gasteiger partial charge in [0.15, 0.2) is 6.04 Å². The Morgan fingerprint density at radius 3 is 2.39 bits per heavy atom. The van der Waals surface area contributed by atoms with E-state index in [-0.39, 0.29) is 28.5 Å². The molecule has 1 unspecified atom stereocenters. The van der Waals surface area contributed by atoms with Crippen LogP contribution in [0.15, 0.2) is 48.0 Å². The molecule has 1 heterocycles. The molecule has 0 radical (unpaired) electrons. The number of carbonyl (C=O) groups is 1. The van der Waals surface area contributed by atoms with Crippen LogP contribution < -0.4 is 4.90 Å². The number of nitro benzene ring substituents is 1. The van der Waals surface area contributed by atoms with E-state index in [1.54, 1.807) is 0 Å². The van der Waals surface area contributed by atoms with E-state index < -0.39 is 28.7 Å². The van der Waals surface area contributed by atoms with Crippen LogP contribution >= 0.6 is 11.6 Å². The van der Waals surface area contributed by atoms with Crippen LogP contribution in [-0.4, -0.2) is 28.2 Å². The first-order valence-electron chi connectivity index (χ1n) is 7.89. The number of rotatable bonds is 4. The molecule has 2 aromatic rings. The standard InChI is InChI=1S/C18H12ClF3N2O4/c19-12-3-6-15-11(7-12)8-14(17(25)26)16(18(20,21)22)23(15)9-10-1-4-13(5-2-10)24(27)28/h1-8,16H,9H2,(H,25,26). The highest BCUT2D eigenvalue weighted by molar-refractivity contribution is 6.30. The summed E-state index contributed by atoms with van der Waals surface area (Å²) in [4.78, 5) is 22.6. The molecule has 0 saturated carbocycles. The zero-order valence-corrected chi connectivity index (χ0v) is 14.7. The van der Waals surface area contributed by atoms with E-state index >= 15 is 0 Å². The van der Waals surface area contributed by atoms with Gasteiger partial charge in [0.25, 0.3) is 5.69 Å². The number of carboxylic acid groups (broad SMARTS) is 1. The molecule has 0 fully saturated rings. The van der Waals surface area contributed by atoms with Gasteiger partial charge in [0.2, 0.25) is 0 Å². The summed E-state index contributed by atoms with van der Waals surface area (Å²) < 4.78 is 41.4. The average Bonchev–Trinajstić information content (AvgIpc) is 2.60.